The molecule has 1 aliphatic heterocycles. The Morgan fingerprint density at radius 1 is 1.09 bits per heavy atom. The number of benzene rings is 1. The van der Waals surface area contributed by atoms with Crippen molar-refractivity contribution in [1.29, 1.82) is 5.26 Å². The molecule has 2 aliphatic rings. The van der Waals surface area contributed by atoms with Crippen molar-refractivity contribution in [2.75, 3.05) is 26.2 Å². The molecule has 1 unspecified atom stereocenters. The fraction of sp³-hybridized carbons (Fsp3) is 0.567. The molecule has 1 fully saturated rings. The van der Waals surface area contributed by atoms with Crippen LogP contribution in [0.25, 0.3) is 23.1 Å². The van der Waals surface area contributed by atoms with Gasteiger partial charge in [-0.2, -0.15) is 31.6 Å². The Morgan fingerprint density at radius 2 is 1.72 bits per heavy atom. The Labute approximate surface area is 244 Å². The Morgan fingerprint density at radius 3 is 2.28 bits per heavy atom. The highest BCUT2D eigenvalue weighted by Crippen LogP contribution is 2.49. The molecule has 43 heavy (non-hydrogen) atoms. The van der Waals surface area contributed by atoms with Crippen LogP contribution in [0, 0.1) is 29.1 Å². The summed E-state index contributed by atoms with van der Waals surface area (Å²) >= 11 is 0. The highest BCUT2D eigenvalue weighted by atomic mass is 19.4. The second kappa shape index (κ2) is 12.7. The number of carbonyl (C=O) groups is 1. The van der Waals surface area contributed by atoms with Crippen molar-refractivity contribution in [1.82, 2.24) is 15.2 Å². The Hall–Kier alpha value is -3.40. The first kappa shape index (κ1) is 32.5. The van der Waals surface area contributed by atoms with E-state index in [-0.39, 0.29) is 30.2 Å². The van der Waals surface area contributed by atoms with Crippen molar-refractivity contribution in [3.05, 3.63) is 40.6 Å². The molecule has 1 atom stereocenters. The molecular formula is C30H33F7N4O2. The molecule has 0 bridgehead atoms. The van der Waals surface area contributed by atoms with Crippen LogP contribution in [0.1, 0.15) is 56.3 Å². The molecule has 1 aliphatic carbocycles. The van der Waals surface area contributed by atoms with Gasteiger partial charge in [0.15, 0.2) is 5.42 Å². The van der Waals surface area contributed by atoms with Gasteiger partial charge in [-0.15, -0.1) is 0 Å². The van der Waals surface area contributed by atoms with Gasteiger partial charge in [-0.1, -0.05) is 13.8 Å². The summed E-state index contributed by atoms with van der Waals surface area (Å²) in [5.41, 5.74) is -2.40. The lowest BCUT2D eigenvalue weighted by Crippen LogP contribution is -2.53. The number of nitrogens with one attached hydrogen (secondary N) is 1. The summed E-state index contributed by atoms with van der Waals surface area (Å²) in [5.74, 6) is 0.120. The number of likely N-dealkylation sites (tertiary alicyclic amines) is 1. The number of nitrogens with zero attached hydrogens (tertiary/aromatic N) is 3. The van der Waals surface area contributed by atoms with Crippen molar-refractivity contribution < 1.29 is 39.9 Å². The molecule has 0 saturated carbocycles. The Kier molecular flexibility index (Phi) is 9.59. The van der Waals surface area contributed by atoms with Crippen LogP contribution in [0.2, 0.25) is 0 Å². The van der Waals surface area contributed by atoms with E-state index in [4.69, 9.17) is 4.42 Å². The third kappa shape index (κ3) is 7.22. The summed E-state index contributed by atoms with van der Waals surface area (Å²) in [7, 11) is 0. The number of aromatic nitrogens is 1. The molecule has 13 heteroatoms. The summed E-state index contributed by atoms with van der Waals surface area (Å²) in [5, 5.41) is 12.9. The minimum atomic E-state index is -6.02. The molecular weight excluding hydrogens is 581 g/mol. The highest BCUT2D eigenvalue weighted by Gasteiger charge is 2.71. The fourth-order valence-corrected chi connectivity index (χ4v) is 5.47. The van der Waals surface area contributed by atoms with Gasteiger partial charge in [0, 0.05) is 24.1 Å². The van der Waals surface area contributed by atoms with E-state index in [1.165, 1.54) is 0 Å². The number of piperidine rings is 1. The molecule has 1 N–H and O–H groups in total. The highest BCUT2D eigenvalue weighted by molar-refractivity contribution is 5.94. The van der Waals surface area contributed by atoms with E-state index in [9.17, 15) is 40.8 Å². The van der Waals surface area contributed by atoms with E-state index in [0.717, 1.165) is 5.57 Å². The molecule has 2 heterocycles. The molecule has 1 aromatic heterocycles. The Balaban J connectivity index is 1.26. The largest absolute Gasteiger partial charge is 0.436 e. The zero-order valence-corrected chi connectivity index (χ0v) is 23.8. The standard InChI is InChI=1S/C30H33F7N4O2/c1-18(2)23-14-20(16-38)15-24-25(23)43-27(40-24)22-6-4-21(5-7-22)26(42)39-17-19-8-12-41(13-9-19)11-3-10-28(31,29(32,33)34)30(35,36)37/h4-7,15,18-20H,3,8-14,17H2,1-2H3,(H,39,42). The van der Waals surface area contributed by atoms with Crippen molar-refractivity contribution >= 4 is 17.6 Å². The summed E-state index contributed by atoms with van der Waals surface area (Å²) < 4.78 is 96.3. The Bertz CT molecular complexity index is 1430. The number of hydrogen-bond donors (Lipinski definition) is 1. The number of rotatable bonds is 9. The normalized spacial score (nSPS) is 18.7. The molecule has 1 saturated heterocycles. The average molecular weight is 615 g/mol. The minimum Gasteiger partial charge on any atom is -0.436 e. The van der Waals surface area contributed by atoms with E-state index in [1.807, 2.05) is 13.8 Å². The number of nitriles is 1. The number of carbonyl (C=O) groups excluding carboxylic acids is 1. The molecule has 1 amide bonds. The van der Waals surface area contributed by atoms with E-state index < -0.39 is 30.9 Å². The molecule has 6 nitrogen and oxygen atoms in total. The summed E-state index contributed by atoms with van der Waals surface area (Å²) in [6, 6.07) is 9.03. The van der Waals surface area contributed by atoms with Crippen molar-refractivity contribution in [3.8, 4) is 17.5 Å². The third-order valence-electron chi connectivity index (χ3n) is 8.15. The maximum Gasteiger partial charge on any atom is 0.431 e. The number of hydrogen-bond acceptors (Lipinski definition) is 5. The lowest BCUT2D eigenvalue weighted by molar-refractivity contribution is -0.343. The van der Waals surface area contributed by atoms with Gasteiger partial charge >= 0.3 is 12.4 Å². The number of halogens is 7. The van der Waals surface area contributed by atoms with Gasteiger partial charge in [0.1, 0.15) is 5.35 Å². The van der Waals surface area contributed by atoms with E-state index in [0.29, 0.717) is 66.7 Å². The lowest BCUT2D eigenvalue weighted by atomic mass is 9.89. The van der Waals surface area contributed by atoms with Crippen LogP contribution in [0.15, 0.2) is 28.7 Å². The van der Waals surface area contributed by atoms with E-state index in [1.54, 1.807) is 35.2 Å². The maximum atomic E-state index is 13.8. The monoisotopic (exact) mass is 614 g/mol. The third-order valence-corrected chi connectivity index (χ3v) is 8.15. The van der Waals surface area contributed by atoms with Crippen molar-refractivity contribution in [3.63, 3.8) is 0 Å². The topological polar surface area (TPSA) is 82.2 Å². The van der Waals surface area contributed by atoms with Crippen molar-refractivity contribution in [2.45, 2.75) is 64.0 Å². The number of amides is 1. The summed E-state index contributed by atoms with van der Waals surface area (Å²) in [4.78, 5) is 19.0. The SMILES string of the molecule is CC(C)C1=c2oc(-c3ccc(C(=O)NCC4CCN(CCCC(F)(C(F)(F)F)C(F)(F)F)CC4)cc3)nc2=CC(C#N)C1. The lowest BCUT2D eigenvalue weighted by Gasteiger charge is -2.34. The molecule has 1 aromatic carbocycles. The number of alkyl halides is 7. The quantitative estimate of drug-likeness (QED) is 0.376. The summed E-state index contributed by atoms with van der Waals surface area (Å²) in [6.45, 7) is 5.21. The van der Waals surface area contributed by atoms with Gasteiger partial charge in [-0.05, 0) is 93.1 Å². The van der Waals surface area contributed by atoms with Gasteiger partial charge in [0.25, 0.3) is 11.6 Å². The average Bonchev–Trinajstić information content (AvgIpc) is 3.39. The molecule has 234 valence electrons. The number of fused-ring (bicyclic) bond motifs is 1. The first-order valence-corrected chi connectivity index (χ1v) is 14.2. The van der Waals surface area contributed by atoms with Crippen LogP contribution in [-0.2, 0) is 0 Å². The van der Waals surface area contributed by atoms with Crippen LogP contribution in [0.5, 0.6) is 0 Å². The van der Waals surface area contributed by atoms with Gasteiger partial charge in [0.2, 0.25) is 5.89 Å². The molecule has 4 rings (SSSR count). The predicted octanol–water partition coefficient (Wildman–Crippen LogP) is 5.53. The number of oxazole rings is 1. The second-order valence-electron chi connectivity index (χ2n) is 11.5. The van der Waals surface area contributed by atoms with Crippen molar-refractivity contribution in [2.24, 2.45) is 17.8 Å². The molecule has 0 spiro atoms. The van der Waals surface area contributed by atoms with Crippen LogP contribution in [-0.4, -0.2) is 60.0 Å². The van der Waals surface area contributed by atoms with Crippen LogP contribution < -0.4 is 16.1 Å². The van der Waals surface area contributed by atoms with Crippen LogP contribution in [0.3, 0.4) is 0 Å². The van der Waals surface area contributed by atoms with Gasteiger partial charge < -0.3 is 14.6 Å². The zero-order valence-electron chi connectivity index (χ0n) is 23.8. The molecule has 2 aromatic rings. The van der Waals surface area contributed by atoms with E-state index >= 15 is 0 Å². The predicted molar refractivity (Wildman–Crippen MR) is 144 cm³/mol. The van der Waals surface area contributed by atoms with E-state index in [2.05, 4.69) is 16.4 Å². The van der Waals surface area contributed by atoms with Gasteiger partial charge in [0.05, 0.1) is 12.0 Å². The van der Waals surface area contributed by atoms with Gasteiger partial charge in [-0.3, -0.25) is 4.79 Å². The van der Waals surface area contributed by atoms with Crippen LogP contribution in [0.4, 0.5) is 30.7 Å². The zero-order chi connectivity index (χ0) is 31.6. The minimum absolute atomic E-state index is 0.0788. The van der Waals surface area contributed by atoms with Crippen LogP contribution >= 0.6 is 0 Å². The molecule has 0 radical (unpaired) electrons. The summed E-state index contributed by atoms with van der Waals surface area (Å²) in [6.07, 6.45) is -10.7. The first-order valence-electron chi connectivity index (χ1n) is 14.2. The fourth-order valence-electron chi connectivity index (χ4n) is 5.47. The van der Waals surface area contributed by atoms with Gasteiger partial charge in [-0.25, -0.2) is 9.37 Å². The smallest absolute Gasteiger partial charge is 0.431 e. The second-order valence-corrected chi connectivity index (χ2v) is 11.5. The maximum absolute atomic E-state index is 13.8. The first-order chi connectivity index (χ1) is 20.1.